The topological polar surface area (TPSA) is 51.8 Å². The van der Waals surface area contributed by atoms with Crippen LogP contribution in [-0.4, -0.2) is 9.97 Å². The molecule has 2 N–H and O–H groups in total. The zero-order valence-electron chi connectivity index (χ0n) is 9.24. The van der Waals surface area contributed by atoms with Gasteiger partial charge in [0.05, 0.1) is 17.3 Å². The first-order valence-corrected chi connectivity index (χ1v) is 5.48. The normalized spacial score (nSPS) is 10.6. The second kappa shape index (κ2) is 4.77. The number of rotatable bonds is 2. The first kappa shape index (κ1) is 12.0. The summed E-state index contributed by atoms with van der Waals surface area (Å²) in [4.78, 5) is 8.45. The fraction of sp³-hybridized carbons (Fsp3) is 0.167. The van der Waals surface area contributed by atoms with Gasteiger partial charge in [0.2, 0.25) is 0 Å². The van der Waals surface area contributed by atoms with Crippen molar-refractivity contribution in [2.45, 2.75) is 13.5 Å². The molecule has 0 aliphatic heterocycles. The minimum absolute atomic E-state index is 0.0769. The number of nitrogens with zero attached hydrogens (tertiary/aromatic N) is 2. The maximum absolute atomic E-state index is 13.1. The summed E-state index contributed by atoms with van der Waals surface area (Å²) < 4.78 is 13.1. The summed E-state index contributed by atoms with van der Waals surface area (Å²) in [5.74, 6) is 0.112. The highest BCUT2D eigenvalue weighted by molar-refractivity contribution is 6.31. The molecule has 3 nitrogen and oxygen atoms in total. The van der Waals surface area contributed by atoms with E-state index in [-0.39, 0.29) is 11.6 Å². The molecule has 5 heteroatoms. The van der Waals surface area contributed by atoms with E-state index in [1.807, 2.05) is 13.0 Å². The Kier molecular flexibility index (Phi) is 3.36. The molecule has 0 amide bonds. The van der Waals surface area contributed by atoms with Crippen LogP contribution in [0.1, 0.15) is 11.5 Å². The van der Waals surface area contributed by atoms with E-state index in [1.165, 1.54) is 6.07 Å². The van der Waals surface area contributed by atoms with Gasteiger partial charge >= 0.3 is 0 Å². The molecule has 0 radical (unpaired) electrons. The van der Waals surface area contributed by atoms with Crippen LogP contribution < -0.4 is 5.73 Å². The van der Waals surface area contributed by atoms with Gasteiger partial charge in [0.15, 0.2) is 0 Å². The average molecular weight is 252 g/mol. The molecule has 0 bridgehead atoms. The SMILES string of the molecule is Cc1cc(-c2ccc(F)c(Cl)c2)nc(CN)n1. The van der Waals surface area contributed by atoms with Gasteiger partial charge in [-0.2, -0.15) is 0 Å². The second-order valence-corrected chi connectivity index (χ2v) is 4.05. The third kappa shape index (κ3) is 2.60. The van der Waals surface area contributed by atoms with Gasteiger partial charge < -0.3 is 5.73 Å². The van der Waals surface area contributed by atoms with Crippen molar-refractivity contribution in [3.05, 3.63) is 46.6 Å². The van der Waals surface area contributed by atoms with Crippen LogP contribution in [0.15, 0.2) is 24.3 Å². The lowest BCUT2D eigenvalue weighted by molar-refractivity contribution is 0.628. The summed E-state index contributed by atoms with van der Waals surface area (Å²) in [7, 11) is 0. The van der Waals surface area contributed by atoms with E-state index >= 15 is 0 Å². The third-order valence-electron chi connectivity index (χ3n) is 2.30. The van der Waals surface area contributed by atoms with Gasteiger partial charge in [0, 0.05) is 11.3 Å². The number of aromatic nitrogens is 2. The molecule has 0 spiro atoms. The summed E-state index contributed by atoms with van der Waals surface area (Å²) in [6.45, 7) is 2.12. The summed E-state index contributed by atoms with van der Waals surface area (Å²) in [5.41, 5.74) is 7.77. The Bertz CT molecular complexity index is 557. The highest BCUT2D eigenvalue weighted by Crippen LogP contribution is 2.23. The van der Waals surface area contributed by atoms with Crippen molar-refractivity contribution >= 4 is 11.6 Å². The number of nitrogens with two attached hydrogens (primary N) is 1. The highest BCUT2D eigenvalue weighted by atomic mass is 35.5. The zero-order chi connectivity index (χ0) is 12.4. The summed E-state index contributed by atoms with van der Waals surface area (Å²) in [6, 6.07) is 6.29. The standard InChI is InChI=1S/C12H11ClFN3/c1-7-4-11(17-12(6-15)16-7)8-2-3-10(14)9(13)5-8/h2-5H,6,15H2,1H3. The summed E-state index contributed by atoms with van der Waals surface area (Å²) in [5, 5.41) is 0.0769. The molecule has 0 aliphatic rings. The van der Waals surface area contributed by atoms with Gasteiger partial charge in [0.25, 0.3) is 0 Å². The van der Waals surface area contributed by atoms with Gasteiger partial charge in [-0.15, -0.1) is 0 Å². The molecule has 0 atom stereocenters. The van der Waals surface area contributed by atoms with Gasteiger partial charge in [-0.05, 0) is 31.2 Å². The molecule has 1 aromatic carbocycles. The molecule has 0 fully saturated rings. The van der Waals surface area contributed by atoms with Gasteiger partial charge in [-0.1, -0.05) is 11.6 Å². The van der Waals surface area contributed by atoms with Crippen molar-refractivity contribution in [3.63, 3.8) is 0 Å². The fourth-order valence-corrected chi connectivity index (χ4v) is 1.71. The zero-order valence-corrected chi connectivity index (χ0v) is 10.0. The fourth-order valence-electron chi connectivity index (χ4n) is 1.52. The van der Waals surface area contributed by atoms with E-state index < -0.39 is 5.82 Å². The molecule has 0 aliphatic carbocycles. The predicted molar refractivity (Wildman–Crippen MR) is 65.1 cm³/mol. The van der Waals surface area contributed by atoms with Crippen LogP contribution in [0, 0.1) is 12.7 Å². The number of benzene rings is 1. The van der Waals surface area contributed by atoms with Crippen LogP contribution in [0.4, 0.5) is 4.39 Å². The quantitative estimate of drug-likeness (QED) is 0.893. The Morgan fingerprint density at radius 3 is 2.71 bits per heavy atom. The van der Waals surface area contributed by atoms with E-state index in [0.717, 1.165) is 11.3 Å². The predicted octanol–water partition coefficient (Wildman–Crippen LogP) is 2.70. The third-order valence-corrected chi connectivity index (χ3v) is 2.59. The van der Waals surface area contributed by atoms with Crippen LogP contribution >= 0.6 is 11.6 Å². The van der Waals surface area contributed by atoms with Crippen molar-refractivity contribution in [3.8, 4) is 11.3 Å². The van der Waals surface area contributed by atoms with E-state index in [0.29, 0.717) is 11.5 Å². The molecule has 1 aromatic heterocycles. The first-order valence-electron chi connectivity index (χ1n) is 5.10. The lowest BCUT2D eigenvalue weighted by atomic mass is 10.1. The largest absolute Gasteiger partial charge is 0.324 e. The van der Waals surface area contributed by atoms with Crippen molar-refractivity contribution in [1.82, 2.24) is 9.97 Å². The lowest BCUT2D eigenvalue weighted by Gasteiger charge is -2.05. The maximum Gasteiger partial charge on any atom is 0.142 e. The molecule has 0 unspecified atom stereocenters. The van der Waals surface area contributed by atoms with Crippen molar-refractivity contribution in [2.24, 2.45) is 5.73 Å². The summed E-state index contributed by atoms with van der Waals surface area (Å²) >= 11 is 5.73. The number of hydrogen-bond acceptors (Lipinski definition) is 3. The second-order valence-electron chi connectivity index (χ2n) is 3.64. The number of aryl methyl sites for hydroxylation is 1. The molecule has 0 saturated heterocycles. The van der Waals surface area contributed by atoms with Crippen LogP contribution in [0.25, 0.3) is 11.3 Å². The number of halogens is 2. The molecule has 1 heterocycles. The molecule has 88 valence electrons. The van der Waals surface area contributed by atoms with Crippen molar-refractivity contribution in [1.29, 1.82) is 0 Å². The van der Waals surface area contributed by atoms with Gasteiger partial charge in [-0.3, -0.25) is 0 Å². The average Bonchev–Trinajstić information content (AvgIpc) is 2.32. The Morgan fingerprint density at radius 1 is 1.29 bits per heavy atom. The summed E-state index contributed by atoms with van der Waals surface area (Å²) in [6.07, 6.45) is 0. The van der Waals surface area contributed by atoms with Gasteiger partial charge in [0.1, 0.15) is 11.6 Å². The molecular formula is C12H11ClFN3. The van der Waals surface area contributed by atoms with Crippen LogP contribution in [0.2, 0.25) is 5.02 Å². The van der Waals surface area contributed by atoms with E-state index in [2.05, 4.69) is 9.97 Å². The first-order chi connectivity index (χ1) is 8.10. The van der Waals surface area contributed by atoms with Crippen molar-refractivity contribution < 1.29 is 4.39 Å². The molecule has 2 rings (SSSR count). The minimum atomic E-state index is -0.444. The monoisotopic (exact) mass is 251 g/mol. The minimum Gasteiger partial charge on any atom is -0.324 e. The van der Waals surface area contributed by atoms with Crippen molar-refractivity contribution in [2.75, 3.05) is 0 Å². The highest BCUT2D eigenvalue weighted by Gasteiger charge is 2.06. The smallest absolute Gasteiger partial charge is 0.142 e. The van der Waals surface area contributed by atoms with E-state index in [9.17, 15) is 4.39 Å². The molecule has 17 heavy (non-hydrogen) atoms. The van der Waals surface area contributed by atoms with Crippen LogP contribution in [0.3, 0.4) is 0 Å². The Morgan fingerprint density at radius 2 is 2.06 bits per heavy atom. The number of hydrogen-bond donors (Lipinski definition) is 1. The van der Waals surface area contributed by atoms with E-state index in [1.54, 1.807) is 12.1 Å². The maximum atomic E-state index is 13.1. The van der Waals surface area contributed by atoms with Crippen LogP contribution in [-0.2, 0) is 6.54 Å². The lowest BCUT2D eigenvalue weighted by Crippen LogP contribution is -2.05. The molecular weight excluding hydrogens is 241 g/mol. The van der Waals surface area contributed by atoms with E-state index in [4.69, 9.17) is 17.3 Å². The Hall–Kier alpha value is -1.52. The Balaban J connectivity index is 2.52. The van der Waals surface area contributed by atoms with Gasteiger partial charge in [-0.25, -0.2) is 14.4 Å². The Labute approximate surface area is 103 Å². The molecule has 2 aromatic rings. The molecule has 0 saturated carbocycles. The van der Waals surface area contributed by atoms with Crippen LogP contribution in [0.5, 0.6) is 0 Å².